The number of allylic oxidation sites excluding steroid dienone is 1. The third kappa shape index (κ3) is 7.16. The molecule has 4 aliphatic rings. The van der Waals surface area contributed by atoms with Gasteiger partial charge in [0.15, 0.2) is 0 Å². The van der Waals surface area contributed by atoms with Crippen molar-refractivity contribution in [2.45, 2.75) is 132 Å². The highest BCUT2D eigenvalue weighted by atomic mass is 16.6. The van der Waals surface area contributed by atoms with Gasteiger partial charge in [0, 0.05) is 13.5 Å². The number of hydrogen-bond donors (Lipinski definition) is 0. The van der Waals surface area contributed by atoms with Gasteiger partial charge in [-0.15, -0.1) is 0 Å². The molecule has 4 aliphatic carbocycles. The van der Waals surface area contributed by atoms with Crippen LogP contribution >= 0.6 is 0 Å². The zero-order chi connectivity index (χ0) is 28.2. The molecule has 0 amide bonds. The Bertz CT molecular complexity index is 879. The van der Waals surface area contributed by atoms with E-state index < -0.39 is 0 Å². The Kier molecular flexibility index (Phi) is 11.8. The largest absolute Gasteiger partial charge is 0.463 e. The van der Waals surface area contributed by atoms with Crippen molar-refractivity contribution in [3.63, 3.8) is 0 Å². The second-order valence-electron chi connectivity index (χ2n) is 14.4. The molecule has 0 aliphatic heterocycles. The molecule has 3 fully saturated rings. The van der Waals surface area contributed by atoms with Gasteiger partial charge in [0.2, 0.25) is 0 Å². The van der Waals surface area contributed by atoms with E-state index in [1.165, 1.54) is 56.9 Å². The van der Waals surface area contributed by atoms with Crippen LogP contribution in [0.2, 0.25) is 0 Å². The number of carbonyl (C=O) groups is 2. The summed E-state index contributed by atoms with van der Waals surface area (Å²) in [6.45, 7) is 13.0. The Balaban J connectivity index is 0.00000441. The molecule has 4 rings (SSSR count). The number of methoxy groups -OCH3 is 1. The molecule has 0 heterocycles. The Morgan fingerprint density at radius 1 is 0.950 bits per heavy atom. The molecule has 0 N–H and O–H groups in total. The predicted molar refractivity (Wildman–Crippen MR) is 162 cm³/mol. The second-order valence-corrected chi connectivity index (χ2v) is 14.4. The van der Waals surface area contributed by atoms with E-state index in [1.54, 1.807) is 7.11 Å². The van der Waals surface area contributed by atoms with Crippen LogP contribution in [-0.4, -0.2) is 38.4 Å². The van der Waals surface area contributed by atoms with E-state index in [0.29, 0.717) is 12.0 Å². The lowest BCUT2D eigenvalue weighted by Crippen LogP contribution is -2.51. The monoisotopic (exact) mass is 560 g/mol. The molecule has 0 aromatic rings. The van der Waals surface area contributed by atoms with Crippen molar-refractivity contribution >= 4 is 11.9 Å². The molecule has 0 bridgehead atoms. The minimum atomic E-state index is -0.371. The molecule has 1 unspecified atom stereocenters. The molecule has 3 saturated carbocycles. The molecule has 5 heteroatoms. The van der Waals surface area contributed by atoms with Gasteiger partial charge in [0.1, 0.15) is 12.7 Å². The Morgan fingerprint density at radius 3 is 2.42 bits per heavy atom. The van der Waals surface area contributed by atoms with Gasteiger partial charge in [0.25, 0.3) is 0 Å². The number of fused-ring (bicyclic) bond motifs is 5. The van der Waals surface area contributed by atoms with Gasteiger partial charge in [0.05, 0.1) is 19.4 Å². The Morgan fingerprint density at radius 2 is 1.70 bits per heavy atom. The fourth-order valence-corrected chi connectivity index (χ4v) is 9.51. The Labute approximate surface area is 245 Å². The van der Waals surface area contributed by atoms with Crippen LogP contribution in [0.5, 0.6) is 0 Å². The van der Waals surface area contributed by atoms with Gasteiger partial charge in [-0.25, -0.2) is 0 Å². The average Bonchev–Trinajstić information content (AvgIpc) is 3.25. The zero-order valence-electron chi connectivity index (χ0n) is 25.8. The first-order valence-corrected chi connectivity index (χ1v) is 16.1. The third-order valence-electron chi connectivity index (χ3n) is 11.6. The lowest BCUT2D eigenvalue weighted by molar-refractivity contribution is -0.155. The molecule has 8 atom stereocenters. The molecular formula is C35H60O5. The number of ether oxygens (including phenoxy) is 3. The van der Waals surface area contributed by atoms with Crippen LogP contribution in [0.25, 0.3) is 0 Å². The lowest BCUT2D eigenvalue weighted by atomic mass is 9.47. The molecule has 0 aromatic carbocycles. The van der Waals surface area contributed by atoms with E-state index in [-0.39, 0.29) is 50.3 Å². The summed E-state index contributed by atoms with van der Waals surface area (Å²) in [5.41, 5.74) is 2.29. The van der Waals surface area contributed by atoms with Gasteiger partial charge in [-0.2, -0.15) is 0 Å². The maximum absolute atomic E-state index is 12.5. The average molecular weight is 561 g/mol. The van der Waals surface area contributed by atoms with Crippen LogP contribution in [0, 0.1) is 46.3 Å². The molecule has 0 spiro atoms. The molecule has 0 aromatic heterocycles. The Hall–Kier alpha value is -1.36. The van der Waals surface area contributed by atoms with Crippen molar-refractivity contribution in [3.05, 3.63) is 11.6 Å². The first-order chi connectivity index (χ1) is 18.6. The van der Waals surface area contributed by atoms with E-state index in [9.17, 15) is 9.59 Å². The predicted octanol–water partition coefficient (Wildman–Crippen LogP) is 8.55. The van der Waals surface area contributed by atoms with Gasteiger partial charge in [-0.1, -0.05) is 73.0 Å². The van der Waals surface area contributed by atoms with Gasteiger partial charge >= 0.3 is 11.9 Å². The fraction of sp³-hybridized carbons (Fsp3) is 0.886. The highest BCUT2D eigenvalue weighted by Gasteiger charge is 2.59. The van der Waals surface area contributed by atoms with Gasteiger partial charge in [-0.05, 0) is 91.3 Å². The first-order valence-electron chi connectivity index (χ1n) is 16.1. The minimum absolute atomic E-state index is 0. The smallest absolute Gasteiger partial charge is 0.306 e. The molecule has 5 nitrogen and oxygen atoms in total. The summed E-state index contributed by atoms with van der Waals surface area (Å²) in [5.74, 6) is 4.34. The summed E-state index contributed by atoms with van der Waals surface area (Å²) in [7, 11) is 1.56. The van der Waals surface area contributed by atoms with Crippen molar-refractivity contribution in [2.24, 2.45) is 46.3 Å². The van der Waals surface area contributed by atoms with Crippen LogP contribution in [0.1, 0.15) is 126 Å². The zero-order valence-corrected chi connectivity index (χ0v) is 25.8. The molecule has 0 saturated heterocycles. The standard InChI is InChI=1S/C34H56O5.CH4/c1-23(2)8-7-9-24(3)28-12-13-29-27-11-10-25-22-26(39-32(36)15-14-31(35)38-21-20-37-6)16-18-33(25,4)30(27)17-19-34(28,29)5;/h10,23-24,26-30H,7-9,11-22H2,1-6H3;1H4/t24?,26-,27-,28+,29-,30-,33-,34+;/m0./s1. The van der Waals surface area contributed by atoms with Crippen molar-refractivity contribution in [3.8, 4) is 0 Å². The summed E-state index contributed by atoms with van der Waals surface area (Å²) < 4.78 is 15.8. The maximum atomic E-state index is 12.5. The normalized spacial score (nSPS) is 35.5. The van der Waals surface area contributed by atoms with Crippen molar-refractivity contribution in [1.82, 2.24) is 0 Å². The SMILES string of the molecule is C.COCCOC(=O)CCC(=O)O[C@H]1CC[C@@]2(C)C(=CC[C@H]3[C@@H]4CC[C@H](C(C)CCCC(C)C)[C@@]4(C)CC[C@@H]32)C1. The second kappa shape index (κ2) is 14.2. The quantitative estimate of drug-likeness (QED) is 0.136. The van der Waals surface area contributed by atoms with Crippen molar-refractivity contribution < 1.29 is 23.8 Å². The molecule has 40 heavy (non-hydrogen) atoms. The summed E-state index contributed by atoms with van der Waals surface area (Å²) in [4.78, 5) is 24.3. The van der Waals surface area contributed by atoms with Crippen LogP contribution < -0.4 is 0 Å². The van der Waals surface area contributed by atoms with Crippen molar-refractivity contribution in [1.29, 1.82) is 0 Å². The number of esters is 2. The lowest BCUT2D eigenvalue weighted by Gasteiger charge is -2.58. The molecule has 0 radical (unpaired) electrons. The molecule has 230 valence electrons. The molecular weight excluding hydrogens is 500 g/mol. The summed E-state index contributed by atoms with van der Waals surface area (Å²) in [5, 5.41) is 0. The van der Waals surface area contributed by atoms with E-state index in [2.05, 4.69) is 40.7 Å². The topological polar surface area (TPSA) is 61.8 Å². The van der Waals surface area contributed by atoms with Crippen LogP contribution in [0.4, 0.5) is 0 Å². The summed E-state index contributed by atoms with van der Waals surface area (Å²) in [6.07, 6.45) is 16.5. The highest BCUT2D eigenvalue weighted by molar-refractivity contribution is 5.77. The maximum Gasteiger partial charge on any atom is 0.306 e. The van der Waals surface area contributed by atoms with E-state index in [4.69, 9.17) is 14.2 Å². The highest BCUT2D eigenvalue weighted by Crippen LogP contribution is 2.67. The van der Waals surface area contributed by atoms with Crippen LogP contribution in [0.3, 0.4) is 0 Å². The summed E-state index contributed by atoms with van der Waals surface area (Å²) in [6, 6.07) is 0. The first kappa shape index (κ1) is 33.1. The van der Waals surface area contributed by atoms with Crippen LogP contribution in [-0.2, 0) is 23.8 Å². The number of carbonyl (C=O) groups excluding carboxylic acids is 2. The number of rotatable bonds is 12. The van der Waals surface area contributed by atoms with E-state index >= 15 is 0 Å². The van der Waals surface area contributed by atoms with Crippen LogP contribution in [0.15, 0.2) is 11.6 Å². The third-order valence-corrected chi connectivity index (χ3v) is 11.6. The summed E-state index contributed by atoms with van der Waals surface area (Å²) >= 11 is 0. The fourth-order valence-electron chi connectivity index (χ4n) is 9.51. The van der Waals surface area contributed by atoms with Crippen molar-refractivity contribution in [2.75, 3.05) is 20.3 Å². The van der Waals surface area contributed by atoms with E-state index in [0.717, 1.165) is 54.8 Å². The van der Waals surface area contributed by atoms with Gasteiger partial charge < -0.3 is 14.2 Å². The number of hydrogen-bond acceptors (Lipinski definition) is 5. The van der Waals surface area contributed by atoms with Gasteiger partial charge in [-0.3, -0.25) is 9.59 Å². The minimum Gasteiger partial charge on any atom is -0.463 e. The van der Waals surface area contributed by atoms with E-state index in [1.807, 2.05) is 0 Å².